The van der Waals surface area contributed by atoms with Crippen LogP contribution in [0.1, 0.15) is 17.1 Å². The van der Waals surface area contributed by atoms with Crippen LogP contribution in [0.3, 0.4) is 0 Å². The lowest BCUT2D eigenvalue weighted by Gasteiger charge is -2.11. The third kappa shape index (κ3) is 4.73. The zero-order chi connectivity index (χ0) is 22.6. The van der Waals surface area contributed by atoms with Crippen LogP contribution in [0.2, 0.25) is 0 Å². The van der Waals surface area contributed by atoms with Crippen molar-refractivity contribution in [3.63, 3.8) is 0 Å². The Balaban J connectivity index is 1.27. The first kappa shape index (κ1) is 21.1. The molecule has 0 unspecified atom stereocenters. The Morgan fingerprint density at radius 2 is 1.91 bits per heavy atom. The number of nitrogens with zero attached hydrogens (tertiary/aromatic N) is 4. The molecule has 5 rings (SSSR count). The zero-order valence-corrected chi connectivity index (χ0v) is 18.9. The Morgan fingerprint density at radius 3 is 2.73 bits per heavy atom. The van der Waals surface area contributed by atoms with Crippen LogP contribution in [0.4, 0.5) is 0 Å². The maximum Gasteiger partial charge on any atom is 0.231 e. The average molecular weight is 462 g/mol. The van der Waals surface area contributed by atoms with Crippen LogP contribution < -0.4 is 14.8 Å². The van der Waals surface area contributed by atoms with Crippen molar-refractivity contribution in [1.82, 2.24) is 24.6 Å². The second kappa shape index (κ2) is 9.41. The standard InChI is InChI=1S/C24H23N5O3S/c1-28-11-5-8-19(28)13-22-26-27-24(29(22)18-6-3-2-4-7-18)33-15-23(30)25-14-17-9-10-20-21(12-17)32-16-31-20/h2-12H,13-16H2,1H3,(H,25,30). The van der Waals surface area contributed by atoms with Crippen LogP contribution in [-0.4, -0.2) is 37.8 Å². The molecule has 0 fully saturated rings. The molecule has 0 aliphatic carbocycles. The molecule has 0 saturated carbocycles. The van der Waals surface area contributed by atoms with E-state index < -0.39 is 0 Å². The highest BCUT2D eigenvalue weighted by atomic mass is 32.2. The van der Waals surface area contributed by atoms with Gasteiger partial charge in [0.1, 0.15) is 5.82 Å². The second-order valence-corrected chi connectivity index (χ2v) is 8.55. The van der Waals surface area contributed by atoms with Crippen LogP contribution >= 0.6 is 11.8 Å². The summed E-state index contributed by atoms with van der Waals surface area (Å²) in [5.74, 6) is 2.42. The molecule has 1 aliphatic heterocycles. The number of fused-ring (bicyclic) bond motifs is 1. The molecule has 1 amide bonds. The minimum absolute atomic E-state index is 0.0794. The highest BCUT2D eigenvalue weighted by molar-refractivity contribution is 7.99. The predicted octanol–water partition coefficient (Wildman–Crippen LogP) is 3.33. The van der Waals surface area contributed by atoms with Gasteiger partial charge in [-0.15, -0.1) is 10.2 Å². The van der Waals surface area contributed by atoms with Crippen LogP contribution in [0.15, 0.2) is 72.0 Å². The Labute approximate surface area is 195 Å². The van der Waals surface area contributed by atoms with E-state index in [0.717, 1.165) is 28.5 Å². The maximum atomic E-state index is 12.5. The van der Waals surface area contributed by atoms with E-state index in [9.17, 15) is 4.79 Å². The highest BCUT2D eigenvalue weighted by Crippen LogP contribution is 2.32. The molecule has 4 aromatic rings. The fourth-order valence-corrected chi connectivity index (χ4v) is 4.42. The monoisotopic (exact) mass is 461 g/mol. The van der Waals surface area contributed by atoms with Gasteiger partial charge in [0, 0.05) is 37.6 Å². The molecule has 1 aliphatic rings. The number of rotatable bonds is 8. The molecule has 0 saturated heterocycles. The first-order valence-corrected chi connectivity index (χ1v) is 11.5. The summed E-state index contributed by atoms with van der Waals surface area (Å²) in [7, 11) is 2.01. The lowest BCUT2D eigenvalue weighted by atomic mass is 10.2. The largest absolute Gasteiger partial charge is 0.454 e. The normalized spacial score (nSPS) is 12.2. The predicted molar refractivity (Wildman–Crippen MR) is 125 cm³/mol. The number of carbonyl (C=O) groups excluding carboxylic acids is 1. The molecule has 0 spiro atoms. The third-order valence-electron chi connectivity index (χ3n) is 5.36. The fraction of sp³-hybridized carbons (Fsp3) is 0.208. The molecule has 8 nitrogen and oxygen atoms in total. The van der Waals surface area contributed by atoms with Gasteiger partial charge in [-0.2, -0.15) is 0 Å². The Kier molecular flexibility index (Phi) is 6.03. The van der Waals surface area contributed by atoms with Gasteiger partial charge in [-0.3, -0.25) is 9.36 Å². The number of benzene rings is 2. The van der Waals surface area contributed by atoms with Crippen molar-refractivity contribution in [2.75, 3.05) is 12.5 Å². The molecule has 2 aromatic carbocycles. The molecule has 0 bridgehead atoms. The smallest absolute Gasteiger partial charge is 0.231 e. The lowest BCUT2D eigenvalue weighted by Crippen LogP contribution is -2.24. The van der Waals surface area contributed by atoms with Gasteiger partial charge in [0.2, 0.25) is 12.7 Å². The quantitative estimate of drug-likeness (QED) is 0.405. The van der Waals surface area contributed by atoms with Gasteiger partial charge < -0.3 is 19.4 Å². The highest BCUT2D eigenvalue weighted by Gasteiger charge is 2.17. The first-order chi connectivity index (χ1) is 16.2. The van der Waals surface area contributed by atoms with E-state index in [2.05, 4.69) is 26.1 Å². The second-order valence-electron chi connectivity index (χ2n) is 7.61. The van der Waals surface area contributed by atoms with E-state index in [1.165, 1.54) is 11.8 Å². The molecule has 33 heavy (non-hydrogen) atoms. The van der Waals surface area contributed by atoms with Gasteiger partial charge in [-0.05, 0) is 42.0 Å². The van der Waals surface area contributed by atoms with Gasteiger partial charge in [-0.25, -0.2) is 0 Å². The van der Waals surface area contributed by atoms with Crippen LogP contribution in [0.25, 0.3) is 5.69 Å². The number of para-hydroxylation sites is 1. The van der Waals surface area contributed by atoms with Crippen LogP contribution in [-0.2, 0) is 24.8 Å². The van der Waals surface area contributed by atoms with E-state index >= 15 is 0 Å². The van der Waals surface area contributed by atoms with Gasteiger partial charge in [0.15, 0.2) is 16.7 Å². The summed E-state index contributed by atoms with van der Waals surface area (Å²) in [6.07, 6.45) is 2.65. The third-order valence-corrected chi connectivity index (χ3v) is 6.29. The molecule has 2 aromatic heterocycles. The summed E-state index contributed by atoms with van der Waals surface area (Å²) >= 11 is 1.37. The molecule has 0 atom stereocenters. The Bertz CT molecular complexity index is 1270. The van der Waals surface area contributed by atoms with Crippen molar-refractivity contribution in [3.05, 3.63) is 83.9 Å². The van der Waals surface area contributed by atoms with Gasteiger partial charge in [-0.1, -0.05) is 36.0 Å². The van der Waals surface area contributed by atoms with E-state index in [1.54, 1.807) is 0 Å². The number of ether oxygens (including phenoxy) is 2. The summed E-state index contributed by atoms with van der Waals surface area (Å²) in [6, 6.07) is 19.7. The Hall–Kier alpha value is -3.72. The number of carbonyl (C=O) groups is 1. The van der Waals surface area contributed by atoms with Crippen molar-refractivity contribution in [2.45, 2.75) is 18.1 Å². The van der Waals surface area contributed by atoms with Crippen molar-refractivity contribution < 1.29 is 14.3 Å². The molecule has 168 valence electrons. The lowest BCUT2D eigenvalue weighted by molar-refractivity contribution is -0.118. The number of hydrogen-bond donors (Lipinski definition) is 1. The van der Waals surface area contributed by atoms with Gasteiger partial charge in [0.25, 0.3) is 0 Å². The van der Waals surface area contributed by atoms with Crippen molar-refractivity contribution in [2.24, 2.45) is 7.05 Å². The molecule has 0 radical (unpaired) electrons. The van der Waals surface area contributed by atoms with E-state index in [0.29, 0.717) is 23.9 Å². The van der Waals surface area contributed by atoms with E-state index in [1.807, 2.05) is 72.4 Å². The summed E-state index contributed by atoms with van der Waals surface area (Å²) < 4.78 is 14.8. The number of hydrogen-bond acceptors (Lipinski definition) is 6. The topological polar surface area (TPSA) is 83.2 Å². The SMILES string of the molecule is Cn1cccc1Cc1nnc(SCC(=O)NCc2ccc3c(c2)OCO3)n1-c1ccccc1. The number of aromatic nitrogens is 4. The summed E-state index contributed by atoms with van der Waals surface area (Å²) in [6.45, 7) is 0.649. The van der Waals surface area contributed by atoms with Crippen LogP contribution in [0.5, 0.6) is 11.5 Å². The fourth-order valence-electron chi connectivity index (χ4n) is 3.62. The van der Waals surface area contributed by atoms with E-state index in [-0.39, 0.29) is 18.5 Å². The summed E-state index contributed by atoms with van der Waals surface area (Å²) in [5, 5.41) is 12.5. The van der Waals surface area contributed by atoms with Crippen molar-refractivity contribution >= 4 is 17.7 Å². The molecular formula is C24H23N5O3S. The minimum atomic E-state index is -0.0794. The average Bonchev–Trinajstić information content (AvgIpc) is 3.57. The summed E-state index contributed by atoms with van der Waals surface area (Å²) in [4.78, 5) is 12.5. The van der Waals surface area contributed by atoms with E-state index in [4.69, 9.17) is 9.47 Å². The molecule has 1 N–H and O–H groups in total. The van der Waals surface area contributed by atoms with Crippen molar-refractivity contribution in [3.8, 4) is 17.2 Å². The minimum Gasteiger partial charge on any atom is -0.454 e. The van der Waals surface area contributed by atoms with Gasteiger partial charge >= 0.3 is 0 Å². The molecule has 9 heteroatoms. The van der Waals surface area contributed by atoms with Crippen LogP contribution in [0, 0.1) is 0 Å². The number of nitrogens with one attached hydrogen (secondary N) is 1. The van der Waals surface area contributed by atoms with Crippen molar-refractivity contribution in [1.29, 1.82) is 0 Å². The Morgan fingerprint density at radius 1 is 1.06 bits per heavy atom. The maximum absolute atomic E-state index is 12.5. The zero-order valence-electron chi connectivity index (χ0n) is 18.1. The molecule has 3 heterocycles. The summed E-state index contributed by atoms with van der Waals surface area (Å²) in [5.41, 5.74) is 3.06. The molecular weight excluding hydrogens is 438 g/mol. The number of amides is 1. The number of aryl methyl sites for hydroxylation is 1. The number of thioether (sulfide) groups is 1. The first-order valence-electron chi connectivity index (χ1n) is 10.6. The van der Waals surface area contributed by atoms with Gasteiger partial charge in [0.05, 0.1) is 5.75 Å².